The molecule has 0 radical (unpaired) electrons. The molecule has 0 bridgehead atoms. The summed E-state index contributed by atoms with van der Waals surface area (Å²) in [5.41, 5.74) is 0.749. The van der Waals surface area contributed by atoms with E-state index in [2.05, 4.69) is 20.3 Å². The van der Waals surface area contributed by atoms with Gasteiger partial charge in [-0.05, 0) is 6.07 Å². The first-order valence-electron chi connectivity index (χ1n) is 8.92. The van der Waals surface area contributed by atoms with Crippen LogP contribution >= 0.6 is 11.6 Å². The van der Waals surface area contributed by atoms with Crippen molar-refractivity contribution in [2.45, 2.75) is 18.1 Å². The number of aromatic nitrogens is 3. The van der Waals surface area contributed by atoms with Gasteiger partial charge in [0.1, 0.15) is 24.2 Å². The average molecular weight is 443 g/mol. The van der Waals surface area contributed by atoms with E-state index >= 15 is 0 Å². The molecule has 158 valence electrons. The summed E-state index contributed by atoms with van der Waals surface area (Å²) in [5, 5.41) is 5.34. The Morgan fingerprint density at radius 2 is 2.13 bits per heavy atom. The van der Waals surface area contributed by atoms with Crippen LogP contribution in [-0.4, -0.2) is 52.7 Å². The van der Waals surface area contributed by atoms with Gasteiger partial charge in [-0.2, -0.15) is 13.2 Å². The first-order valence-corrected chi connectivity index (χ1v) is 9.30. The number of amides is 1. The normalized spacial score (nSPS) is 20.2. The monoisotopic (exact) mass is 442 g/mol. The van der Waals surface area contributed by atoms with Crippen LogP contribution in [0.2, 0.25) is 5.02 Å². The van der Waals surface area contributed by atoms with Crippen LogP contribution in [0.3, 0.4) is 0 Å². The molecule has 0 fully saturated rings. The molecule has 2 aliphatic rings. The Kier molecular flexibility index (Phi) is 5.22. The lowest BCUT2D eigenvalue weighted by Gasteiger charge is -2.26. The molecule has 0 aromatic carbocycles. The van der Waals surface area contributed by atoms with Crippen LogP contribution < -0.4 is 15.5 Å². The number of anilines is 2. The smallest absolute Gasteiger partial charge is 0.369 e. The van der Waals surface area contributed by atoms with Crippen LogP contribution in [0.25, 0.3) is 0 Å². The van der Waals surface area contributed by atoms with Gasteiger partial charge in [0.05, 0.1) is 17.1 Å². The fourth-order valence-electron chi connectivity index (χ4n) is 3.41. The van der Waals surface area contributed by atoms with E-state index in [4.69, 9.17) is 11.6 Å². The van der Waals surface area contributed by atoms with Crippen molar-refractivity contribution in [3.63, 3.8) is 0 Å². The Morgan fingerprint density at radius 1 is 1.33 bits per heavy atom. The summed E-state index contributed by atoms with van der Waals surface area (Å²) in [6.07, 6.45) is 0.899. The van der Waals surface area contributed by atoms with Crippen molar-refractivity contribution in [3.05, 3.63) is 52.8 Å². The molecule has 4 heterocycles. The van der Waals surface area contributed by atoms with Gasteiger partial charge in [-0.3, -0.25) is 4.79 Å². The minimum atomic E-state index is -4.55. The Hall–Kier alpha value is -2.95. The number of hydrogen-bond acceptors (Lipinski definition) is 6. The van der Waals surface area contributed by atoms with Crippen molar-refractivity contribution in [3.8, 4) is 0 Å². The highest BCUT2D eigenvalue weighted by atomic mass is 35.5. The summed E-state index contributed by atoms with van der Waals surface area (Å²) in [5.74, 6) is -1.30. The van der Waals surface area contributed by atoms with Gasteiger partial charge in [0, 0.05) is 24.8 Å². The fraction of sp³-hybridized carbons (Fsp3) is 0.333. The van der Waals surface area contributed by atoms with Crippen molar-refractivity contribution in [1.29, 1.82) is 0 Å². The standard InChI is InChI=1S/C18H15ClF4N6O/c19-9-4-10-11(6-25-14(10)24-5-9)15-26-7-12(20)16(28-15)29-3-1-2-13(29)17(30)27-8-18(21,22)23/h1-2,4-5,7,11,13H,3,6,8H2,(H,24,25)(H,27,30)/t11?,13-/m1/s1. The number of carbonyl (C=O) groups is 1. The van der Waals surface area contributed by atoms with Gasteiger partial charge in [-0.15, -0.1) is 0 Å². The highest BCUT2D eigenvalue weighted by Crippen LogP contribution is 2.35. The second kappa shape index (κ2) is 7.71. The summed E-state index contributed by atoms with van der Waals surface area (Å²) in [6, 6.07) is 0.598. The van der Waals surface area contributed by atoms with E-state index in [1.807, 2.05) is 5.32 Å². The number of halogens is 5. The van der Waals surface area contributed by atoms with Gasteiger partial charge >= 0.3 is 6.18 Å². The molecular weight excluding hydrogens is 428 g/mol. The van der Waals surface area contributed by atoms with E-state index in [0.717, 1.165) is 11.8 Å². The van der Waals surface area contributed by atoms with E-state index in [-0.39, 0.29) is 24.1 Å². The largest absolute Gasteiger partial charge is 0.405 e. The Morgan fingerprint density at radius 3 is 2.90 bits per heavy atom. The van der Waals surface area contributed by atoms with Crippen LogP contribution in [0.5, 0.6) is 0 Å². The quantitative estimate of drug-likeness (QED) is 0.559. The predicted octanol–water partition coefficient (Wildman–Crippen LogP) is 2.64. The number of fused-ring (bicyclic) bond motifs is 1. The summed E-state index contributed by atoms with van der Waals surface area (Å²) in [4.78, 5) is 26.1. The molecule has 12 heteroatoms. The van der Waals surface area contributed by atoms with Crippen molar-refractivity contribution in [2.24, 2.45) is 0 Å². The van der Waals surface area contributed by atoms with Crippen molar-refractivity contribution >= 4 is 29.1 Å². The van der Waals surface area contributed by atoms with Gasteiger partial charge in [0.25, 0.3) is 0 Å². The number of hydrogen-bond donors (Lipinski definition) is 2. The predicted molar refractivity (Wildman–Crippen MR) is 101 cm³/mol. The number of alkyl halides is 3. The van der Waals surface area contributed by atoms with Gasteiger partial charge < -0.3 is 15.5 Å². The third kappa shape index (κ3) is 4.02. The summed E-state index contributed by atoms with van der Waals surface area (Å²) in [6.45, 7) is -0.939. The van der Waals surface area contributed by atoms with E-state index in [1.54, 1.807) is 12.1 Å². The zero-order valence-corrected chi connectivity index (χ0v) is 16.0. The molecule has 2 N–H and O–H groups in total. The summed E-state index contributed by atoms with van der Waals surface area (Å²) in [7, 11) is 0. The molecule has 0 spiro atoms. The molecule has 2 aromatic rings. The van der Waals surface area contributed by atoms with E-state index in [0.29, 0.717) is 17.4 Å². The molecule has 7 nitrogen and oxygen atoms in total. The lowest BCUT2D eigenvalue weighted by atomic mass is 10.0. The average Bonchev–Trinajstić information content (AvgIpc) is 3.33. The Bertz CT molecular complexity index is 1010. The second-order valence-electron chi connectivity index (χ2n) is 6.78. The molecule has 2 atom stereocenters. The molecule has 0 saturated carbocycles. The number of rotatable bonds is 4. The first kappa shape index (κ1) is 20.3. The minimum Gasteiger partial charge on any atom is -0.369 e. The molecule has 1 unspecified atom stereocenters. The molecule has 0 aliphatic carbocycles. The zero-order valence-electron chi connectivity index (χ0n) is 15.2. The molecular formula is C18H15ClF4N6O. The fourth-order valence-corrected chi connectivity index (χ4v) is 3.57. The van der Waals surface area contributed by atoms with E-state index in [1.165, 1.54) is 17.2 Å². The van der Waals surface area contributed by atoms with Crippen molar-refractivity contribution in [1.82, 2.24) is 20.3 Å². The molecule has 2 aliphatic heterocycles. The van der Waals surface area contributed by atoms with Crippen molar-refractivity contribution < 1.29 is 22.4 Å². The summed E-state index contributed by atoms with van der Waals surface area (Å²) < 4.78 is 51.8. The van der Waals surface area contributed by atoms with Crippen molar-refractivity contribution in [2.75, 3.05) is 29.9 Å². The maximum absolute atomic E-state index is 14.5. The lowest BCUT2D eigenvalue weighted by Crippen LogP contribution is -2.46. The maximum atomic E-state index is 14.5. The van der Waals surface area contributed by atoms with E-state index < -0.39 is 30.5 Å². The third-order valence-corrected chi connectivity index (χ3v) is 4.96. The minimum absolute atomic E-state index is 0.115. The SMILES string of the molecule is O=C(NCC(F)(F)F)[C@H]1C=CCN1c1nc(C2CNc3ncc(Cl)cc32)ncc1F. The first-order chi connectivity index (χ1) is 14.2. The van der Waals surface area contributed by atoms with Gasteiger partial charge in [0.2, 0.25) is 5.91 Å². The molecule has 4 rings (SSSR count). The highest BCUT2D eigenvalue weighted by molar-refractivity contribution is 6.30. The topological polar surface area (TPSA) is 83.0 Å². The molecule has 1 amide bonds. The number of nitrogens with one attached hydrogen (secondary N) is 2. The molecule has 0 saturated heterocycles. The maximum Gasteiger partial charge on any atom is 0.405 e. The van der Waals surface area contributed by atoms with Crippen LogP contribution in [0.1, 0.15) is 17.3 Å². The Balaban J connectivity index is 1.60. The van der Waals surface area contributed by atoms with E-state index in [9.17, 15) is 22.4 Å². The van der Waals surface area contributed by atoms with Crippen LogP contribution in [0.4, 0.5) is 29.2 Å². The van der Waals surface area contributed by atoms with Crippen LogP contribution in [-0.2, 0) is 4.79 Å². The van der Waals surface area contributed by atoms with Crippen LogP contribution in [0.15, 0.2) is 30.6 Å². The third-order valence-electron chi connectivity index (χ3n) is 4.75. The van der Waals surface area contributed by atoms with Gasteiger partial charge in [-0.1, -0.05) is 23.8 Å². The van der Waals surface area contributed by atoms with Gasteiger partial charge in [0.15, 0.2) is 11.6 Å². The zero-order chi connectivity index (χ0) is 21.5. The number of pyridine rings is 1. The Labute approximate surface area is 173 Å². The highest BCUT2D eigenvalue weighted by Gasteiger charge is 2.35. The number of nitrogens with zero attached hydrogens (tertiary/aromatic N) is 4. The molecule has 30 heavy (non-hydrogen) atoms. The second-order valence-corrected chi connectivity index (χ2v) is 7.22. The number of carbonyl (C=O) groups excluding carboxylic acids is 1. The van der Waals surface area contributed by atoms with Gasteiger partial charge in [-0.25, -0.2) is 19.3 Å². The lowest BCUT2D eigenvalue weighted by molar-refractivity contribution is -0.138. The van der Waals surface area contributed by atoms with Crippen LogP contribution in [0, 0.1) is 5.82 Å². The summed E-state index contributed by atoms with van der Waals surface area (Å²) >= 11 is 6.02. The molecule has 2 aromatic heterocycles.